The predicted octanol–water partition coefficient (Wildman–Crippen LogP) is 30.3. The molecule has 0 N–H and O–H groups in total. The second-order valence-electron chi connectivity index (χ2n) is 27.5. The molecule has 0 saturated carbocycles. The number of rotatable bonds is 68. The quantitative estimate of drug-likeness (QED) is 0.0417. The molecule has 0 spiro atoms. The first-order chi connectivity index (χ1) is 43.6. The lowest BCUT2D eigenvalue weighted by molar-refractivity contribution is 0.290. The van der Waals surface area contributed by atoms with Gasteiger partial charge in [-0.15, -0.1) is 0 Å². The molecule has 4 nitrogen and oxygen atoms in total. The van der Waals surface area contributed by atoms with Crippen LogP contribution < -0.4 is 18.9 Å². The highest BCUT2D eigenvalue weighted by Crippen LogP contribution is 2.52. The van der Waals surface area contributed by atoms with Crippen LogP contribution in [0.2, 0.25) is 10.0 Å². The fourth-order valence-electron chi connectivity index (χ4n) is 13.4. The third-order valence-electron chi connectivity index (χ3n) is 19.1. The van der Waals surface area contributed by atoms with Gasteiger partial charge in [-0.2, -0.15) is 0 Å². The summed E-state index contributed by atoms with van der Waals surface area (Å²) in [5.41, 5.74) is 0. The average molecular weight is 1260 g/mol. The van der Waals surface area contributed by atoms with Gasteiger partial charge in [0.1, 0.15) is 23.0 Å². The normalized spacial score (nSPS) is 11.7. The fourth-order valence-corrected chi connectivity index (χ4v) is 13.7. The number of unbranched alkanes of at least 4 members (excludes halogenated alkanes) is 56. The van der Waals surface area contributed by atoms with Gasteiger partial charge in [-0.1, -0.05) is 410 Å². The van der Waals surface area contributed by atoms with Crippen molar-refractivity contribution in [3.63, 3.8) is 0 Å². The summed E-state index contributed by atoms with van der Waals surface area (Å²) in [4.78, 5) is 0. The molecule has 3 aromatic rings. The first-order valence-electron chi connectivity index (χ1n) is 39.5. The number of ether oxygens (including phenoxy) is 4. The van der Waals surface area contributed by atoms with Crippen molar-refractivity contribution in [3.8, 4) is 23.0 Å². The van der Waals surface area contributed by atoms with Crippen LogP contribution in [0.4, 0.5) is 0 Å². The van der Waals surface area contributed by atoms with E-state index in [0.717, 1.165) is 83.1 Å². The Morgan fingerprint density at radius 3 is 0.557 bits per heavy atom. The van der Waals surface area contributed by atoms with Gasteiger partial charge in [-0.25, -0.2) is 0 Å². The van der Waals surface area contributed by atoms with Gasteiger partial charge >= 0.3 is 0 Å². The maximum atomic E-state index is 7.10. The van der Waals surface area contributed by atoms with E-state index in [-0.39, 0.29) is 0 Å². The Hall–Kier alpha value is -2.04. The second kappa shape index (κ2) is 59.9. The lowest BCUT2D eigenvalue weighted by Gasteiger charge is -2.22. The van der Waals surface area contributed by atoms with Gasteiger partial charge in [0.25, 0.3) is 0 Å². The van der Waals surface area contributed by atoms with Crippen LogP contribution in [-0.2, 0) is 0 Å². The maximum Gasteiger partial charge on any atom is 0.139 e. The summed E-state index contributed by atoms with van der Waals surface area (Å²) in [6, 6.07) is 8.33. The summed E-state index contributed by atoms with van der Waals surface area (Å²) in [6.45, 7) is 11.8. The fraction of sp³-hybridized carbons (Fsp3) is 0.829. The minimum atomic E-state index is 0.527. The molecule has 0 aliphatic carbocycles. The first kappa shape index (κ1) is 80.2. The third-order valence-corrected chi connectivity index (χ3v) is 19.9. The van der Waals surface area contributed by atoms with E-state index in [0.29, 0.717) is 36.5 Å². The molecule has 3 rings (SSSR count). The molecule has 3 aromatic carbocycles. The van der Waals surface area contributed by atoms with Gasteiger partial charge in [0.2, 0.25) is 0 Å². The van der Waals surface area contributed by atoms with Crippen molar-refractivity contribution in [2.24, 2.45) is 0 Å². The SMILES string of the molecule is CCCCCCCCCCCCCCCCCOc1ccc(OCCCCCCCCCCCCCCCCC)c2c(OCCCCCCCCCCCCCCCCC)c3cc(Cl)c(Cl)cc3c(OCCCCCCCCCCCCCCCCC)c12. The number of halogens is 2. The van der Waals surface area contributed by atoms with E-state index >= 15 is 0 Å². The molecule has 0 unspecified atom stereocenters. The van der Waals surface area contributed by atoms with Gasteiger partial charge in [-0.3, -0.25) is 0 Å². The summed E-state index contributed by atoms with van der Waals surface area (Å²) in [5, 5.41) is 4.83. The Morgan fingerprint density at radius 2 is 0.375 bits per heavy atom. The molecular formula is C82H144Cl2O4. The second-order valence-corrected chi connectivity index (χ2v) is 28.3. The average Bonchev–Trinajstić information content (AvgIpc) is 2.09. The van der Waals surface area contributed by atoms with Crippen molar-refractivity contribution in [2.75, 3.05) is 26.4 Å². The third kappa shape index (κ3) is 40.8. The van der Waals surface area contributed by atoms with Gasteiger partial charge in [-0.05, 0) is 49.9 Å². The van der Waals surface area contributed by atoms with E-state index in [1.54, 1.807) is 0 Å². The Morgan fingerprint density at radius 1 is 0.216 bits per heavy atom. The molecule has 0 fully saturated rings. The Bertz CT molecular complexity index is 1860. The summed E-state index contributed by atoms with van der Waals surface area (Å²) >= 11 is 14.0. The lowest BCUT2D eigenvalue weighted by Crippen LogP contribution is -2.06. The van der Waals surface area contributed by atoms with Crippen molar-refractivity contribution in [1.29, 1.82) is 0 Å². The molecule has 0 saturated heterocycles. The zero-order valence-electron chi connectivity index (χ0n) is 59.0. The van der Waals surface area contributed by atoms with Crippen molar-refractivity contribution in [1.82, 2.24) is 0 Å². The van der Waals surface area contributed by atoms with E-state index in [9.17, 15) is 0 Å². The standard InChI is InChI=1S/C82H144Cl2O4/c1-5-9-13-17-21-25-29-33-37-41-45-49-53-57-61-67-85-77-65-66-78(86-68-62-58-54-50-46-42-38-34-30-26-22-18-14-10-6-2)80-79(77)81(87-69-63-59-55-51-47-43-39-35-31-27-23-19-15-11-7-3)73-71-75(83)76(84)72-74(73)82(80)88-70-64-60-56-52-48-44-40-36-32-28-24-20-16-12-8-4/h65-66,71-72H,5-64,67-70H2,1-4H3. The van der Waals surface area contributed by atoms with Crippen LogP contribution in [0, 0.1) is 0 Å². The smallest absolute Gasteiger partial charge is 0.139 e. The Labute approximate surface area is 557 Å². The maximum absolute atomic E-state index is 7.10. The topological polar surface area (TPSA) is 36.9 Å². The van der Waals surface area contributed by atoms with E-state index in [4.69, 9.17) is 42.1 Å². The molecule has 6 heteroatoms. The van der Waals surface area contributed by atoms with Gasteiger partial charge in [0.15, 0.2) is 0 Å². The molecule has 0 radical (unpaired) electrons. The molecule has 0 atom stereocenters. The highest BCUT2D eigenvalue weighted by molar-refractivity contribution is 6.43. The molecule has 88 heavy (non-hydrogen) atoms. The zero-order valence-corrected chi connectivity index (χ0v) is 60.5. The largest absolute Gasteiger partial charge is 0.493 e. The van der Waals surface area contributed by atoms with Crippen LogP contribution >= 0.6 is 23.2 Å². The Kier molecular flexibility index (Phi) is 54.6. The number of fused-ring (bicyclic) bond motifs is 2. The molecule has 510 valence electrons. The summed E-state index contributed by atoms with van der Waals surface area (Å²) < 4.78 is 28.1. The van der Waals surface area contributed by atoms with E-state index < -0.39 is 0 Å². The van der Waals surface area contributed by atoms with Crippen molar-refractivity contribution in [2.45, 2.75) is 413 Å². The van der Waals surface area contributed by atoms with Gasteiger partial charge in [0.05, 0.1) is 47.2 Å². The van der Waals surface area contributed by atoms with Crippen molar-refractivity contribution in [3.05, 3.63) is 34.3 Å². The van der Waals surface area contributed by atoms with Gasteiger partial charge < -0.3 is 18.9 Å². The van der Waals surface area contributed by atoms with E-state index in [1.165, 1.54) is 347 Å². The van der Waals surface area contributed by atoms with Crippen LogP contribution in [-0.4, -0.2) is 26.4 Å². The van der Waals surface area contributed by atoms with Crippen molar-refractivity contribution >= 4 is 44.7 Å². The van der Waals surface area contributed by atoms with Crippen LogP contribution in [0.5, 0.6) is 23.0 Å². The molecule has 0 aliphatic heterocycles. The molecule has 0 aromatic heterocycles. The number of hydrogen-bond acceptors (Lipinski definition) is 4. The van der Waals surface area contributed by atoms with E-state index in [1.807, 2.05) is 12.1 Å². The summed E-state index contributed by atoms with van der Waals surface area (Å²) in [6.07, 6.45) is 80.5. The minimum absolute atomic E-state index is 0.527. The summed E-state index contributed by atoms with van der Waals surface area (Å²) in [7, 11) is 0. The molecule has 0 bridgehead atoms. The van der Waals surface area contributed by atoms with Crippen LogP contribution in [0.15, 0.2) is 24.3 Å². The highest BCUT2D eigenvalue weighted by Gasteiger charge is 2.25. The monoisotopic (exact) mass is 1260 g/mol. The molecular weight excluding hydrogens is 1120 g/mol. The van der Waals surface area contributed by atoms with Crippen LogP contribution in [0.25, 0.3) is 21.5 Å². The van der Waals surface area contributed by atoms with Crippen LogP contribution in [0.3, 0.4) is 0 Å². The van der Waals surface area contributed by atoms with Gasteiger partial charge in [0, 0.05) is 10.8 Å². The molecule has 0 amide bonds. The molecule has 0 heterocycles. The predicted molar refractivity (Wildman–Crippen MR) is 393 cm³/mol. The number of benzene rings is 3. The Balaban J connectivity index is 1.74. The zero-order chi connectivity index (χ0) is 62.7. The lowest BCUT2D eigenvalue weighted by atomic mass is 9.98. The highest BCUT2D eigenvalue weighted by atomic mass is 35.5. The van der Waals surface area contributed by atoms with Crippen LogP contribution in [0.1, 0.15) is 413 Å². The molecule has 0 aliphatic rings. The summed E-state index contributed by atoms with van der Waals surface area (Å²) in [5.74, 6) is 3.32. The minimum Gasteiger partial charge on any atom is -0.493 e. The first-order valence-corrected chi connectivity index (χ1v) is 40.2. The van der Waals surface area contributed by atoms with E-state index in [2.05, 4.69) is 39.8 Å². The van der Waals surface area contributed by atoms with Crippen molar-refractivity contribution < 1.29 is 18.9 Å². The number of hydrogen-bond donors (Lipinski definition) is 0.